The van der Waals surface area contributed by atoms with Gasteiger partial charge in [0.2, 0.25) is 0 Å². The van der Waals surface area contributed by atoms with E-state index in [0.717, 1.165) is 31.6 Å². The number of rotatable bonds is 3. The van der Waals surface area contributed by atoms with Crippen LogP contribution in [0.15, 0.2) is 18.2 Å². The summed E-state index contributed by atoms with van der Waals surface area (Å²) >= 11 is 0. The van der Waals surface area contributed by atoms with Crippen molar-refractivity contribution in [1.29, 1.82) is 0 Å². The maximum atomic E-state index is 12.7. The number of esters is 1. The molecule has 4 aliphatic heterocycles. The lowest BCUT2D eigenvalue weighted by atomic mass is 9.61. The SMILES string of the molecule is CCC1CN2C3CC1C(C(=O)OC)C2Cc1c3n(C)c2cc(OC)ccc12. The number of carbonyl (C=O) groups excluding carboxylic acids is 1. The Bertz CT molecular complexity index is 918. The highest BCUT2D eigenvalue weighted by molar-refractivity contribution is 5.88. The van der Waals surface area contributed by atoms with Crippen molar-refractivity contribution in [3.05, 3.63) is 29.5 Å². The van der Waals surface area contributed by atoms with E-state index in [1.807, 2.05) is 6.07 Å². The molecule has 5 heteroatoms. The van der Waals surface area contributed by atoms with Crippen molar-refractivity contribution in [2.24, 2.45) is 24.8 Å². The topological polar surface area (TPSA) is 43.7 Å². The lowest BCUT2D eigenvalue weighted by Crippen LogP contribution is -2.64. The van der Waals surface area contributed by atoms with Crippen molar-refractivity contribution in [2.45, 2.75) is 38.3 Å². The van der Waals surface area contributed by atoms with Crippen molar-refractivity contribution < 1.29 is 14.3 Å². The standard InChI is InChI=1S/C22H28N2O3/c1-5-12-11-24-18-10-16-14-7-6-13(26-3)8-17(14)23(2)21(16)19(24)9-15(12)20(18)22(25)27-4/h6-8,12,15,18-20H,5,9-11H2,1-4H3. The third-order valence-corrected chi connectivity index (χ3v) is 7.54. The van der Waals surface area contributed by atoms with E-state index < -0.39 is 0 Å². The molecule has 3 saturated heterocycles. The molecule has 6 rings (SSSR count). The van der Waals surface area contributed by atoms with Crippen LogP contribution in [0.2, 0.25) is 0 Å². The molecule has 144 valence electrons. The molecule has 3 fully saturated rings. The minimum absolute atomic E-state index is 0.00612. The van der Waals surface area contributed by atoms with Gasteiger partial charge in [-0.15, -0.1) is 0 Å². The van der Waals surface area contributed by atoms with Gasteiger partial charge < -0.3 is 14.0 Å². The molecule has 6 unspecified atom stereocenters. The van der Waals surface area contributed by atoms with E-state index >= 15 is 0 Å². The molecule has 0 N–H and O–H groups in total. The number of piperidine rings is 3. The second-order valence-electron chi connectivity index (χ2n) is 8.41. The molecule has 5 heterocycles. The molecule has 0 spiro atoms. The highest BCUT2D eigenvalue weighted by Crippen LogP contribution is 2.55. The molecule has 6 atom stereocenters. The Hall–Kier alpha value is -2.01. The van der Waals surface area contributed by atoms with Gasteiger partial charge in [0.1, 0.15) is 5.75 Å². The number of aryl methyl sites for hydroxylation is 1. The van der Waals surface area contributed by atoms with Crippen molar-refractivity contribution in [3.8, 4) is 5.75 Å². The van der Waals surface area contributed by atoms with E-state index in [2.05, 4.69) is 35.6 Å². The number of fused-ring (bicyclic) bond motifs is 4. The van der Waals surface area contributed by atoms with Crippen LogP contribution in [0.25, 0.3) is 10.9 Å². The Morgan fingerprint density at radius 1 is 1.30 bits per heavy atom. The minimum atomic E-state index is -0.0167. The summed E-state index contributed by atoms with van der Waals surface area (Å²) in [4.78, 5) is 15.3. The molecule has 1 aromatic heterocycles. The van der Waals surface area contributed by atoms with E-state index in [1.54, 1.807) is 7.11 Å². The number of hydrogen-bond donors (Lipinski definition) is 0. The number of carbonyl (C=O) groups is 1. The molecule has 2 aromatic rings. The van der Waals surface area contributed by atoms with Crippen molar-refractivity contribution in [3.63, 3.8) is 0 Å². The van der Waals surface area contributed by atoms with Gasteiger partial charge in [0.25, 0.3) is 0 Å². The smallest absolute Gasteiger partial charge is 0.310 e. The molecule has 0 radical (unpaired) electrons. The zero-order chi connectivity index (χ0) is 18.9. The van der Waals surface area contributed by atoms with Gasteiger partial charge in [0.05, 0.1) is 31.7 Å². The molecule has 5 nitrogen and oxygen atoms in total. The fraction of sp³-hybridized carbons (Fsp3) is 0.591. The first kappa shape index (κ1) is 17.1. The van der Waals surface area contributed by atoms with Gasteiger partial charge in [0, 0.05) is 36.8 Å². The fourth-order valence-corrected chi connectivity index (χ4v) is 6.32. The molecular formula is C22H28N2O3. The van der Waals surface area contributed by atoms with Crippen LogP contribution >= 0.6 is 0 Å². The summed E-state index contributed by atoms with van der Waals surface area (Å²) in [6.45, 7) is 3.36. The van der Waals surface area contributed by atoms with Gasteiger partial charge in [-0.25, -0.2) is 0 Å². The monoisotopic (exact) mass is 368 g/mol. The van der Waals surface area contributed by atoms with Crippen LogP contribution in [0.4, 0.5) is 0 Å². The van der Waals surface area contributed by atoms with Gasteiger partial charge in [0.15, 0.2) is 0 Å². The Morgan fingerprint density at radius 2 is 2.11 bits per heavy atom. The molecule has 1 aromatic carbocycles. The van der Waals surface area contributed by atoms with Gasteiger partial charge in [-0.05, 0) is 42.4 Å². The quantitative estimate of drug-likeness (QED) is 0.780. The van der Waals surface area contributed by atoms with E-state index in [-0.39, 0.29) is 17.9 Å². The number of aromatic nitrogens is 1. The summed E-state index contributed by atoms with van der Waals surface area (Å²) in [6, 6.07) is 7.05. The Balaban J connectivity index is 1.67. The Labute approximate surface area is 160 Å². The van der Waals surface area contributed by atoms with Crippen LogP contribution in [-0.2, 0) is 23.0 Å². The first-order valence-corrected chi connectivity index (χ1v) is 10.1. The van der Waals surface area contributed by atoms with E-state index in [1.165, 1.54) is 29.3 Å². The number of ether oxygens (including phenoxy) is 2. The van der Waals surface area contributed by atoms with Crippen LogP contribution < -0.4 is 4.74 Å². The average Bonchev–Trinajstić information content (AvgIpc) is 2.98. The molecule has 0 saturated carbocycles. The van der Waals surface area contributed by atoms with Crippen LogP contribution in [-0.4, -0.2) is 42.2 Å². The highest BCUT2D eigenvalue weighted by atomic mass is 16.5. The van der Waals surface area contributed by atoms with Crippen LogP contribution in [0.1, 0.15) is 37.1 Å². The zero-order valence-electron chi connectivity index (χ0n) is 16.6. The summed E-state index contributed by atoms with van der Waals surface area (Å²) in [5.74, 6) is 1.91. The number of benzene rings is 1. The largest absolute Gasteiger partial charge is 0.497 e. The molecule has 0 amide bonds. The average molecular weight is 368 g/mol. The minimum Gasteiger partial charge on any atom is -0.497 e. The first-order valence-electron chi connectivity index (χ1n) is 10.1. The van der Waals surface area contributed by atoms with Crippen LogP contribution in [0.3, 0.4) is 0 Å². The third kappa shape index (κ3) is 2.18. The molecule has 4 aliphatic rings. The van der Waals surface area contributed by atoms with Crippen molar-refractivity contribution >= 4 is 16.9 Å². The third-order valence-electron chi connectivity index (χ3n) is 7.54. The number of methoxy groups -OCH3 is 2. The second-order valence-corrected chi connectivity index (χ2v) is 8.41. The summed E-state index contributed by atoms with van der Waals surface area (Å²) in [5, 5.41) is 1.30. The fourth-order valence-electron chi connectivity index (χ4n) is 6.32. The van der Waals surface area contributed by atoms with Crippen molar-refractivity contribution in [1.82, 2.24) is 9.47 Å². The summed E-state index contributed by atoms with van der Waals surface area (Å²) in [7, 11) is 5.43. The molecule has 4 bridgehead atoms. The summed E-state index contributed by atoms with van der Waals surface area (Å²) < 4.78 is 13.1. The summed E-state index contributed by atoms with van der Waals surface area (Å²) in [6.07, 6.45) is 3.12. The Morgan fingerprint density at radius 3 is 2.81 bits per heavy atom. The van der Waals surface area contributed by atoms with Crippen molar-refractivity contribution in [2.75, 3.05) is 20.8 Å². The lowest BCUT2D eigenvalue weighted by Gasteiger charge is -2.59. The second kappa shape index (κ2) is 5.99. The van der Waals surface area contributed by atoms with Gasteiger partial charge in [-0.1, -0.05) is 13.3 Å². The maximum absolute atomic E-state index is 12.7. The molecule has 27 heavy (non-hydrogen) atoms. The van der Waals surface area contributed by atoms with E-state index in [9.17, 15) is 4.79 Å². The maximum Gasteiger partial charge on any atom is 0.310 e. The van der Waals surface area contributed by atoms with E-state index in [0.29, 0.717) is 17.9 Å². The highest BCUT2D eigenvalue weighted by Gasteiger charge is 2.57. The summed E-state index contributed by atoms with van der Waals surface area (Å²) in [5.41, 5.74) is 4.09. The lowest BCUT2D eigenvalue weighted by molar-refractivity contribution is -0.168. The normalized spacial score (nSPS) is 33.8. The zero-order valence-corrected chi connectivity index (χ0v) is 16.6. The predicted octanol–water partition coefficient (Wildman–Crippen LogP) is 3.30. The van der Waals surface area contributed by atoms with Crippen LogP contribution in [0, 0.1) is 17.8 Å². The van der Waals surface area contributed by atoms with Gasteiger partial charge >= 0.3 is 5.97 Å². The molecule has 0 aliphatic carbocycles. The van der Waals surface area contributed by atoms with Gasteiger partial charge in [-0.2, -0.15) is 0 Å². The van der Waals surface area contributed by atoms with Gasteiger partial charge in [-0.3, -0.25) is 9.69 Å². The predicted molar refractivity (Wildman–Crippen MR) is 104 cm³/mol. The molecular weight excluding hydrogens is 340 g/mol. The Kier molecular flexibility index (Phi) is 3.80. The van der Waals surface area contributed by atoms with E-state index in [4.69, 9.17) is 9.47 Å². The first-order chi connectivity index (χ1) is 13.1. The number of hydrogen-bond acceptors (Lipinski definition) is 4. The van der Waals surface area contributed by atoms with Crippen LogP contribution in [0.5, 0.6) is 5.75 Å². The number of nitrogens with zero attached hydrogens (tertiary/aromatic N) is 2.